The van der Waals surface area contributed by atoms with E-state index in [4.69, 9.17) is 4.42 Å². The average molecular weight is 402 g/mol. The zero-order valence-electron chi connectivity index (χ0n) is 17.3. The molecule has 2 saturated heterocycles. The maximum Gasteiger partial charge on any atom is 0.276 e. The van der Waals surface area contributed by atoms with Gasteiger partial charge in [0, 0.05) is 32.0 Å². The van der Waals surface area contributed by atoms with Gasteiger partial charge in [0.15, 0.2) is 11.6 Å². The van der Waals surface area contributed by atoms with Crippen molar-refractivity contribution in [3.63, 3.8) is 0 Å². The number of likely N-dealkylation sites (tertiary alicyclic amines) is 1. The molecular formula is C24H26N4O2. The van der Waals surface area contributed by atoms with Crippen molar-refractivity contribution < 1.29 is 9.21 Å². The van der Waals surface area contributed by atoms with E-state index in [9.17, 15) is 4.79 Å². The molecule has 154 valence electrons. The number of carbonyl (C=O) groups excluding carboxylic acids is 1. The van der Waals surface area contributed by atoms with Crippen molar-refractivity contribution in [1.82, 2.24) is 20.7 Å². The molecule has 2 aromatic carbocycles. The molecule has 2 aliphatic rings. The second kappa shape index (κ2) is 7.70. The van der Waals surface area contributed by atoms with Crippen LogP contribution in [0.2, 0.25) is 0 Å². The molecule has 3 unspecified atom stereocenters. The van der Waals surface area contributed by atoms with Crippen molar-refractivity contribution in [2.24, 2.45) is 5.92 Å². The standard InChI is InChI=1S/C24H26N4O2/c1-15-22(25-16(2)30-15)24(29)28-13-12-21-20(14-28)23(27-26-21)19-10-8-18(9-11-19)17-6-4-3-5-7-17/h3-11,20-21,23,26-27H,12-14H2,1-2H3. The van der Waals surface area contributed by atoms with Gasteiger partial charge in [0.25, 0.3) is 5.91 Å². The third-order valence-electron chi connectivity index (χ3n) is 6.28. The number of fused-ring (bicyclic) bond motifs is 1. The number of aromatic nitrogens is 1. The van der Waals surface area contributed by atoms with Crippen LogP contribution in [0.4, 0.5) is 0 Å². The highest BCUT2D eigenvalue weighted by Crippen LogP contribution is 2.35. The van der Waals surface area contributed by atoms with Crippen molar-refractivity contribution in [1.29, 1.82) is 0 Å². The molecule has 2 fully saturated rings. The van der Waals surface area contributed by atoms with Crippen molar-refractivity contribution in [3.05, 3.63) is 77.5 Å². The van der Waals surface area contributed by atoms with Gasteiger partial charge in [0.05, 0.1) is 6.04 Å². The van der Waals surface area contributed by atoms with E-state index < -0.39 is 0 Å². The molecule has 0 spiro atoms. The fraction of sp³-hybridized carbons (Fsp3) is 0.333. The SMILES string of the molecule is Cc1nc(C(=O)N2CCC3NNC(c4ccc(-c5ccccc5)cc4)C3C2)c(C)o1. The fourth-order valence-electron chi connectivity index (χ4n) is 4.71. The second-order valence-electron chi connectivity index (χ2n) is 8.20. The van der Waals surface area contributed by atoms with Gasteiger partial charge < -0.3 is 9.32 Å². The lowest BCUT2D eigenvalue weighted by atomic mass is 9.84. The van der Waals surface area contributed by atoms with E-state index in [2.05, 4.69) is 64.4 Å². The van der Waals surface area contributed by atoms with Crippen LogP contribution >= 0.6 is 0 Å². The van der Waals surface area contributed by atoms with Gasteiger partial charge in [-0.25, -0.2) is 10.4 Å². The highest BCUT2D eigenvalue weighted by atomic mass is 16.4. The summed E-state index contributed by atoms with van der Waals surface area (Å²) in [5, 5.41) is 0. The molecule has 6 nitrogen and oxygen atoms in total. The number of rotatable bonds is 3. The topological polar surface area (TPSA) is 70.4 Å². The average Bonchev–Trinajstić information content (AvgIpc) is 3.36. The zero-order valence-corrected chi connectivity index (χ0v) is 17.3. The van der Waals surface area contributed by atoms with E-state index in [0.717, 1.165) is 13.0 Å². The number of piperidine rings is 1. The Bertz CT molecular complexity index is 1040. The monoisotopic (exact) mass is 402 g/mol. The third kappa shape index (κ3) is 3.42. The molecule has 0 bridgehead atoms. The summed E-state index contributed by atoms with van der Waals surface area (Å²) in [5.41, 5.74) is 11.0. The van der Waals surface area contributed by atoms with Crippen LogP contribution in [0.3, 0.4) is 0 Å². The minimum atomic E-state index is -0.0344. The van der Waals surface area contributed by atoms with E-state index in [1.165, 1.54) is 16.7 Å². The van der Waals surface area contributed by atoms with Crippen LogP contribution in [0.15, 0.2) is 59.0 Å². The van der Waals surface area contributed by atoms with Crippen LogP contribution in [0.25, 0.3) is 11.1 Å². The Morgan fingerprint density at radius 1 is 1.03 bits per heavy atom. The highest BCUT2D eigenvalue weighted by Gasteiger charge is 2.42. The van der Waals surface area contributed by atoms with Gasteiger partial charge in [-0.05, 0) is 30.0 Å². The first-order valence-corrected chi connectivity index (χ1v) is 10.5. The lowest BCUT2D eigenvalue weighted by Gasteiger charge is -2.36. The number of nitrogens with zero attached hydrogens (tertiary/aromatic N) is 2. The number of aryl methyl sites for hydroxylation is 2. The molecule has 2 aliphatic heterocycles. The molecule has 1 amide bonds. The maximum atomic E-state index is 13.0. The number of hydrogen-bond donors (Lipinski definition) is 2. The molecular weight excluding hydrogens is 376 g/mol. The zero-order chi connectivity index (χ0) is 20.7. The molecule has 3 heterocycles. The Morgan fingerprint density at radius 3 is 2.47 bits per heavy atom. The van der Waals surface area contributed by atoms with Crippen molar-refractivity contribution in [2.45, 2.75) is 32.4 Å². The first-order chi connectivity index (χ1) is 14.6. The summed E-state index contributed by atoms with van der Waals surface area (Å²) < 4.78 is 5.47. The number of nitrogens with one attached hydrogen (secondary N) is 2. The summed E-state index contributed by atoms with van der Waals surface area (Å²) in [7, 11) is 0. The van der Waals surface area contributed by atoms with E-state index in [1.807, 2.05) is 11.0 Å². The minimum Gasteiger partial charge on any atom is -0.445 e. The van der Waals surface area contributed by atoms with Gasteiger partial charge in [0.1, 0.15) is 5.76 Å². The van der Waals surface area contributed by atoms with E-state index >= 15 is 0 Å². The Kier molecular flexibility index (Phi) is 4.89. The molecule has 3 aromatic rings. The lowest BCUT2D eigenvalue weighted by molar-refractivity contribution is 0.0645. The second-order valence-corrected chi connectivity index (χ2v) is 8.20. The third-order valence-corrected chi connectivity index (χ3v) is 6.28. The van der Waals surface area contributed by atoms with Gasteiger partial charge >= 0.3 is 0 Å². The Balaban J connectivity index is 1.34. The maximum absolute atomic E-state index is 13.0. The van der Waals surface area contributed by atoms with E-state index in [1.54, 1.807) is 13.8 Å². The van der Waals surface area contributed by atoms with Gasteiger partial charge in [0.2, 0.25) is 0 Å². The predicted octanol–water partition coefficient (Wildman–Crippen LogP) is 3.64. The summed E-state index contributed by atoms with van der Waals surface area (Å²) in [5.74, 6) is 1.40. The van der Waals surface area contributed by atoms with E-state index in [0.29, 0.717) is 35.8 Å². The van der Waals surface area contributed by atoms with Gasteiger partial charge in [-0.2, -0.15) is 0 Å². The minimum absolute atomic E-state index is 0.0344. The van der Waals surface area contributed by atoms with Crippen LogP contribution in [0, 0.1) is 19.8 Å². The largest absolute Gasteiger partial charge is 0.445 e. The Labute approximate surface area is 176 Å². The molecule has 6 heteroatoms. The van der Waals surface area contributed by atoms with Crippen molar-refractivity contribution in [3.8, 4) is 11.1 Å². The normalized spacial score (nSPS) is 23.4. The van der Waals surface area contributed by atoms with Crippen LogP contribution in [0.5, 0.6) is 0 Å². The molecule has 0 saturated carbocycles. The number of amides is 1. The summed E-state index contributed by atoms with van der Waals surface area (Å²) in [6, 6.07) is 19.6. The van der Waals surface area contributed by atoms with Crippen molar-refractivity contribution >= 4 is 5.91 Å². The van der Waals surface area contributed by atoms with Crippen LogP contribution in [-0.4, -0.2) is 34.9 Å². The number of hydrogen-bond acceptors (Lipinski definition) is 5. The van der Waals surface area contributed by atoms with Gasteiger partial charge in [-0.3, -0.25) is 10.2 Å². The first-order valence-electron chi connectivity index (χ1n) is 10.5. The van der Waals surface area contributed by atoms with Gasteiger partial charge in [-0.1, -0.05) is 54.6 Å². The molecule has 0 aliphatic carbocycles. The predicted molar refractivity (Wildman–Crippen MR) is 115 cm³/mol. The first kappa shape index (κ1) is 19.0. The summed E-state index contributed by atoms with van der Waals surface area (Å²) in [6.07, 6.45) is 0.915. The molecule has 30 heavy (non-hydrogen) atoms. The van der Waals surface area contributed by atoms with Gasteiger partial charge in [-0.15, -0.1) is 0 Å². The summed E-state index contributed by atoms with van der Waals surface area (Å²) >= 11 is 0. The quantitative estimate of drug-likeness (QED) is 0.700. The number of carbonyl (C=O) groups is 1. The molecule has 3 atom stereocenters. The van der Waals surface area contributed by atoms with Crippen LogP contribution in [-0.2, 0) is 0 Å². The molecule has 5 rings (SSSR count). The van der Waals surface area contributed by atoms with E-state index in [-0.39, 0.29) is 11.9 Å². The van der Waals surface area contributed by atoms with Crippen LogP contribution in [0.1, 0.15) is 40.2 Å². The fourth-order valence-corrected chi connectivity index (χ4v) is 4.71. The highest BCUT2D eigenvalue weighted by molar-refractivity contribution is 5.93. The number of hydrazine groups is 1. The number of benzene rings is 2. The Morgan fingerprint density at radius 2 is 1.77 bits per heavy atom. The smallest absolute Gasteiger partial charge is 0.276 e. The van der Waals surface area contributed by atoms with Crippen LogP contribution < -0.4 is 10.9 Å². The summed E-state index contributed by atoms with van der Waals surface area (Å²) in [4.78, 5) is 19.2. The molecule has 2 N–H and O–H groups in total. The molecule has 0 radical (unpaired) electrons. The van der Waals surface area contributed by atoms with Crippen molar-refractivity contribution in [2.75, 3.05) is 13.1 Å². The summed E-state index contributed by atoms with van der Waals surface area (Å²) in [6.45, 7) is 4.99. The number of oxazole rings is 1. The Hall–Kier alpha value is -2.96. The molecule has 1 aromatic heterocycles. The lowest BCUT2D eigenvalue weighted by Crippen LogP contribution is -2.48.